The summed E-state index contributed by atoms with van der Waals surface area (Å²) in [5.74, 6) is 1.56. The summed E-state index contributed by atoms with van der Waals surface area (Å²) in [5, 5.41) is 21.6. The number of hydrogen-bond donors (Lipinski definition) is 1. The highest BCUT2D eigenvalue weighted by molar-refractivity contribution is 7.99. The first-order chi connectivity index (χ1) is 16.6. The summed E-state index contributed by atoms with van der Waals surface area (Å²) >= 11 is 2.70. The molecule has 0 saturated carbocycles. The molecule has 1 atom stereocenters. The number of thioether (sulfide) groups is 1. The molecule has 0 bridgehead atoms. The lowest BCUT2D eigenvalue weighted by Crippen LogP contribution is -2.26. The zero-order chi connectivity index (χ0) is 25.2. The molecule has 35 heavy (non-hydrogen) atoms. The Morgan fingerprint density at radius 3 is 2.83 bits per heavy atom. The SMILES string of the molecule is Cc1ccc(OCc2nnc(SCC(=O)Nc3sc4c(c3C#N)CC[C@H](C(C)(C)C)C4)o2)cc1C. The zero-order valence-corrected chi connectivity index (χ0v) is 22.4. The van der Waals surface area contributed by atoms with Crippen molar-refractivity contribution >= 4 is 34.0 Å². The predicted octanol–water partition coefficient (Wildman–Crippen LogP) is 6.08. The van der Waals surface area contributed by atoms with Crippen LogP contribution < -0.4 is 10.1 Å². The third kappa shape index (κ3) is 6.06. The highest BCUT2D eigenvalue weighted by Gasteiger charge is 2.32. The third-order valence-electron chi connectivity index (χ3n) is 6.47. The molecule has 7 nitrogen and oxygen atoms in total. The number of rotatable bonds is 7. The number of aromatic nitrogens is 2. The minimum absolute atomic E-state index is 0.109. The highest BCUT2D eigenvalue weighted by atomic mass is 32.2. The van der Waals surface area contributed by atoms with Gasteiger partial charge in [0.05, 0.1) is 11.3 Å². The van der Waals surface area contributed by atoms with E-state index in [9.17, 15) is 10.1 Å². The lowest BCUT2D eigenvalue weighted by atomic mass is 9.72. The third-order valence-corrected chi connectivity index (χ3v) is 8.46. The van der Waals surface area contributed by atoms with Crippen molar-refractivity contribution in [3.8, 4) is 11.8 Å². The summed E-state index contributed by atoms with van der Waals surface area (Å²) in [6.07, 6.45) is 2.91. The van der Waals surface area contributed by atoms with Crippen molar-refractivity contribution in [2.75, 3.05) is 11.1 Å². The molecule has 0 saturated heterocycles. The van der Waals surface area contributed by atoms with Gasteiger partial charge < -0.3 is 14.5 Å². The molecule has 0 unspecified atom stereocenters. The van der Waals surface area contributed by atoms with Crippen molar-refractivity contribution in [2.24, 2.45) is 11.3 Å². The number of nitrogens with zero attached hydrogens (tertiary/aromatic N) is 3. The van der Waals surface area contributed by atoms with Crippen LogP contribution in [0.25, 0.3) is 0 Å². The molecule has 2 aromatic heterocycles. The maximum Gasteiger partial charge on any atom is 0.277 e. The summed E-state index contributed by atoms with van der Waals surface area (Å²) in [7, 11) is 0. The van der Waals surface area contributed by atoms with Gasteiger partial charge in [0.1, 0.15) is 16.8 Å². The molecule has 0 aliphatic heterocycles. The predicted molar refractivity (Wildman–Crippen MR) is 138 cm³/mol. The van der Waals surface area contributed by atoms with Gasteiger partial charge in [0.15, 0.2) is 6.61 Å². The molecule has 3 aromatic rings. The molecule has 0 spiro atoms. The second-order valence-electron chi connectivity index (χ2n) is 9.96. The lowest BCUT2D eigenvalue weighted by Gasteiger charge is -2.33. The monoisotopic (exact) mass is 510 g/mol. The molecule has 1 amide bonds. The fourth-order valence-corrected chi connectivity index (χ4v) is 6.00. The van der Waals surface area contributed by atoms with Gasteiger partial charge in [-0.3, -0.25) is 4.79 Å². The normalized spacial score (nSPS) is 15.4. The van der Waals surface area contributed by atoms with Crippen LogP contribution in [0.1, 0.15) is 60.2 Å². The number of nitrogens with one attached hydrogen (secondary N) is 1. The van der Waals surface area contributed by atoms with Gasteiger partial charge in [0.2, 0.25) is 5.91 Å². The molecular formula is C26H30N4O3S2. The number of amides is 1. The Kier molecular flexibility index (Phi) is 7.53. The number of anilines is 1. The second kappa shape index (κ2) is 10.4. The Morgan fingerprint density at radius 2 is 2.11 bits per heavy atom. The number of ether oxygens (including phenoxy) is 1. The van der Waals surface area contributed by atoms with E-state index in [0.717, 1.165) is 47.9 Å². The Labute approximate surface area is 214 Å². The molecule has 4 rings (SSSR count). The maximum absolute atomic E-state index is 12.6. The van der Waals surface area contributed by atoms with Gasteiger partial charge in [-0.1, -0.05) is 38.6 Å². The van der Waals surface area contributed by atoms with Crippen LogP contribution in [0.5, 0.6) is 5.75 Å². The Morgan fingerprint density at radius 1 is 1.31 bits per heavy atom. The largest absolute Gasteiger partial charge is 0.484 e. The summed E-state index contributed by atoms with van der Waals surface area (Å²) in [4.78, 5) is 13.8. The van der Waals surface area contributed by atoms with Crippen LogP contribution in [0.15, 0.2) is 27.8 Å². The smallest absolute Gasteiger partial charge is 0.277 e. The summed E-state index contributed by atoms with van der Waals surface area (Å²) < 4.78 is 11.3. The van der Waals surface area contributed by atoms with Gasteiger partial charge in [0.25, 0.3) is 11.1 Å². The molecule has 1 aliphatic carbocycles. The molecule has 1 aromatic carbocycles. The van der Waals surface area contributed by atoms with E-state index < -0.39 is 0 Å². The first kappa shape index (κ1) is 25.3. The average molecular weight is 511 g/mol. The fraction of sp³-hybridized carbons (Fsp3) is 0.462. The van der Waals surface area contributed by atoms with Crippen molar-refractivity contribution in [1.82, 2.24) is 10.2 Å². The molecule has 0 fully saturated rings. The highest BCUT2D eigenvalue weighted by Crippen LogP contribution is 2.44. The van der Waals surface area contributed by atoms with Gasteiger partial charge >= 0.3 is 0 Å². The summed E-state index contributed by atoms with van der Waals surface area (Å²) in [6, 6.07) is 8.18. The molecule has 184 valence electrons. The van der Waals surface area contributed by atoms with E-state index in [1.807, 2.05) is 32.0 Å². The Bertz CT molecular complexity index is 1270. The van der Waals surface area contributed by atoms with E-state index in [-0.39, 0.29) is 23.7 Å². The summed E-state index contributed by atoms with van der Waals surface area (Å²) in [5.41, 5.74) is 4.29. The molecular weight excluding hydrogens is 480 g/mol. The van der Waals surface area contributed by atoms with E-state index in [4.69, 9.17) is 9.15 Å². The van der Waals surface area contributed by atoms with Gasteiger partial charge in [-0.25, -0.2) is 0 Å². The van der Waals surface area contributed by atoms with Gasteiger partial charge in [0, 0.05) is 4.88 Å². The van der Waals surface area contributed by atoms with Crippen LogP contribution in [-0.4, -0.2) is 21.9 Å². The fourth-order valence-electron chi connectivity index (χ4n) is 4.13. The van der Waals surface area contributed by atoms with Gasteiger partial charge in [-0.15, -0.1) is 21.5 Å². The average Bonchev–Trinajstić information content (AvgIpc) is 3.41. The van der Waals surface area contributed by atoms with Crippen molar-refractivity contribution in [3.05, 3.63) is 51.2 Å². The minimum Gasteiger partial charge on any atom is -0.484 e. The number of hydrogen-bond acceptors (Lipinski definition) is 8. The van der Waals surface area contributed by atoms with Crippen molar-refractivity contribution in [2.45, 2.75) is 65.7 Å². The van der Waals surface area contributed by atoms with Gasteiger partial charge in [-0.05, 0) is 73.3 Å². The van der Waals surface area contributed by atoms with E-state index in [1.54, 1.807) is 0 Å². The van der Waals surface area contributed by atoms with Crippen molar-refractivity contribution < 1.29 is 13.9 Å². The minimum atomic E-state index is -0.205. The number of thiophene rings is 1. The second-order valence-corrected chi connectivity index (χ2v) is 12.0. The Hall–Kier alpha value is -2.83. The molecule has 1 N–H and O–H groups in total. The van der Waals surface area contributed by atoms with E-state index in [0.29, 0.717) is 27.6 Å². The van der Waals surface area contributed by atoms with E-state index in [1.165, 1.54) is 21.8 Å². The van der Waals surface area contributed by atoms with E-state index in [2.05, 4.69) is 42.4 Å². The maximum atomic E-state index is 12.6. The van der Waals surface area contributed by atoms with Crippen LogP contribution in [0.4, 0.5) is 5.00 Å². The van der Waals surface area contributed by atoms with Crippen LogP contribution in [-0.2, 0) is 24.2 Å². The number of carbonyl (C=O) groups is 1. The zero-order valence-electron chi connectivity index (χ0n) is 20.7. The molecule has 2 heterocycles. The van der Waals surface area contributed by atoms with E-state index >= 15 is 0 Å². The van der Waals surface area contributed by atoms with Crippen molar-refractivity contribution in [3.63, 3.8) is 0 Å². The number of aryl methyl sites for hydroxylation is 2. The number of nitriles is 1. The Balaban J connectivity index is 1.31. The standard InChI is InChI=1S/C26H30N4O3S2/c1-15-6-8-18(10-16(15)2)32-13-23-29-30-25(33-23)34-14-22(31)28-24-20(12-27)19-9-7-17(26(3,4)5)11-21(19)35-24/h6,8,10,17H,7,9,11,13-14H2,1-5H3,(H,28,31)/t17-/m0/s1. The topological polar surface area (TPSA) is 101 Å². The van der Waals surface area contributed by atoms with Crippen LogP contribution in [0.2, 0.25) is 0 Å². The molecule has 9 heteroatoms. The van der Waals surface area contributed by atoms with Crippen LogP contribution in [0, 0.1) is 36.5 Å². The van der Waals surface area contributed by atoms with Crippen molar-refractivity contribution in [1.29, 1.82) is 5.26 Å². The number of carbonyl (C=O) groups excluding carboxylic acids is 1. The first-order valence-electron chi connectivity index (χ1n) is 11.6. The lowest BCUT2D eigenvalue weighted by molar-refractivity contribution is -0.113. The van der Waals surface area contributed by atoms with Crippen LogP contribution >= 0.6 is 23.1 Å². The number of benzene rings is 1. The molecule has 1 aliphatic rings. The number of fused-ring (bicyclic) bond motifs is 1. The first-order valence-corrected chi connectivity index (χ1v) is 13.4. The van der Waals surface area contributed by atoms with Gasteiger partial charge in [-0.2, -0.15) is 5.26 Å². The molecule has 0 radical (unpaired) electrons. The summed E-state index contributed by atoms with van der Waals surface area (Å²) in [6.45, 7) is 11.0. The quantitative estimate of drug-likeness (QED) is 0.384. The van der Waals surface area contributed by atoms with Crippen LogP contribution in [0.3, 0.4) is 0 Å².